The average molecular weight is 340 g/mol. The number of rotatable bonds is 5. The molecule has 25 heavy (non-hydrogen) atoms. The van der Waals surface area contributed by atoms with Crippen LogP contribution in [-0.4, -0.2) is 40.1 Å². The van der Waals surface area contributed by atoms with Crippen molar-refractivity contribution in [2.75, 3.05) is 19.7 Å². The lowest BCUT2D eigenvalue weighted by atomic mass is 10.1. The molecule has 4 rings (SSSR count). The van der Waals surface area contributed by atoms with Gasteiger partial charge in [0.15, 0.2) is 0 Å². The van der Waals surface area contributed by atoms with Crippen molar-refractivity contribution in [1.82, 2.24) is 19.8 Å². The van der Waals surface area contributed by atoms with Gasteiger partial charge in [0.05, 0.1) is 18.2 Å². The van der Waals surface area contributed by atoms with E-state index in [0.29, 0.717) is 13.2 Å². The summed E-state index contributed by atoms with van der Waals surface area (Å²) in [6.07, 6.45) is 2.87. The Morgan fingerprint density at radius 2 is 2.16 bits per heavy atom. The fourth-order valence-corrected chi connectivity index (χ4v) is 3.64. The molecule has 1 aromatic carbocycles. The summed E-state index contributed by atoms with van der Waals surface area (Å²) in [5.41, 5.74) is 2.36. The molecule has 1 aromatic heterocycles. The zero-order valence-corrected chi connectivity index (χ0v) is 14.4. The molecule has 0 bridgehead atoms. The molecule has 132 valence electrons. The molecule has 1 amide bonds. The topological polar surface area (TPSA) is 59.4 Å². The number of benzene rings is 1. The predicted octanol–water partition coefficient (Wildman–Crippen LogP) is 1.55. The summed E-state index contributed by atoms with van der Waals surface area (Å²) in [4.78, 5) is 19.2. The molecule has 0 radical (unpaired) electrons. The van der Waals surface area contributed by atoms with E-state index in [9.17, 15) is 4.79 Å². The Morgan fingerprint density at radius 1 is 1.28 bits per heavy atom. The molecule has 1 unspecified atom stereocenters. The highest BCUT2D eigenvalue weighted by atomic mass is 16.5. The molecule has 1 fully saturated rings. The summed E-state index contributed by atoms with van der Waals surface area (Å²) in [5.74, 6) is 1.25. The molecule has 0 saturated carbocycles. The van der Waals surface area contributed by atoms with Crippen LogP contribution in [0.4, 0.5) is 0 Å². The van der Waals surface area contributed by atoms with E-state index < -0.39 is 0 Å². The van der Waals surface area contributed by atoms with Gasteiger partial charge < -0.3 is 14.6 Å². The van der Waals surface area contributed by atoms with Gasteiger partial charge in [-0.3, -0.25) is 9.69 Å². The minimum atomic E-state index is 0.0794. The van der Waals surface area contributed by atoms with Gasteiger partial charge in [-0.1, -0.05) is 30.3 Å². The van der Waals surface area contributed by atoms with E-state index in [-0.39, 0.29) is 11.8 Å². The number of imidazole rings is 1. The number of carbonyl (C=O) groups excluding carboxylic acids is 1. The van der Waals surface area contributed by atoms with E-state index in [1.165, 1.54) is 5.69 Å². The summed E-state index contributed by atoms with van der Waals surface area (Å²) in [7, 11) is 0. The number of amides is 1. The number of hydrogen-bond acceptors (Lipinski definition) is 4. The molecule has 0 aliphatic carbocycles. The fraction of sp³-hybridized carbons (Fsp3) is 0.474. The highest BCUT2D eigenvalue weighted by Crippen LogP contribution is 2.20. The Morgan fingerprint density at radius 3 is 3.04 bits per heavy atom. The van der Waals surface area contributed by atoms with Gasteiger partial charge in [-0.2, -0.15) is 0 Å². The first-order valence-electron chi connectivity index (χ1n) is 8.94. The van der Waals surface area contributed by atoms with Gasteiger partial charge in [-0.15, -0.1) is 0 Å². The van der Waals surface area contributed by atoms with Crippen molar-refractivity contribution in [3.8, 4) is 0 Å². The molecule has 2 aliphatic rings. The summed E-state index contributed by atoms with van der Waals surface area (Å²) < 4.78 is 7.70. The second kappa shape index (κ2) is 7.37. The number of likely N-dealkylation sites (tertiary alicyclic amines) is 1. The predicted molar refractivity (Wildman–Crippen MR) is 93.6 cm³/mol. The van der Waals surface area contributed by atoms with Crippen LogP contribution in [0.1, 0.15) is 23.5 Å². The highest BCUT2D eigenvalue weighted by molar-refractivity contribution is 5.79. The third kappa shape index (κ3) is 3.75. The van der Waals surface area contributed by atoms with Crippen LogP contribution in [0, 0.1) is 5.92 Å². The number of ether oxygens (including phenoxy) is 1. The number of fused-ring (bicyclic) bond motifs is 1. The maximum atomic E-state index is 12.4. The Balaban J connectivity index is 1.29. The Hall–Kier alpha value is -2.18. The maximum absolute atomic E-state index is 12.4. The van der Waals surface area contributed by atoms with Crippen molar-refractivity contribution in [3.05, 3.63) is 53.6 Å². The third-order valence-corrected chi connectivity index (χ3v) is 5.05. The lowest BCUT2D eigenvalue weighted by molar-refractivity contribution is -0.124. The highest BCUT2D eigenvalue weighted by Gasteiger charge is 2.29. The first-order valence-corrected chi connectivity index (χ1v) is 8.94. The monoisotopic (exact) mass is 340 g/mol. The molecule has 6 nitrogen and oxygen atoms in total. The number of aromatic nitrogens is 2. The SMILES string of the molecule is O=C(NCc1ccccc1)C1CCN(Cc2cnc3n2CCOC3)C1. The standard InChI is InChI=1S/C19H24N4O2/c24-19(21-10-15-4-2-1-3-5-15)16-6-7-22(12-16)13-17-11-20-18-14-25-9-8-23(17)18/h1-5,11,16H,6-10,12-14H2,(H,21,24). The quantitative estimate of drug-likeness (QED) is 0.897. The fourth-order valence-electron chi connectivity index (χ4n) is 3.64. The van der Waals surface area contributed by atoms with E-state index in [2.05, 4.69) is 19.8 Å². The van der Waals surface area contributed by atoms with E-state index in [1.807, 2.05) is 36.5 Å². The van der Waals surface area contributed by atoms with Gasteiger partial charge in [0, 0.05) is 32.4 Å². The third-order valence-electron chi connectivity index (χ3n) is 5.05. The first kappa shape index (κ1) is 16.3. The summed E-state index contributed by atoms with van der Waals surface area (Å²) in [5, 5.41) is 3.07. The number of hydrogen-bond donors (Lipinski definition) is 1. The second-order valence-corrected chi connectivity index (χ2v) is 6.79. The molecule has 1 N–H and O–H groups in total. The van der Waals surface area contributed by atoms with Crippen molar-refractivity contribution in [2.45, 2.75) is 32.7 Å². The molecule has 2 aromatic rings. The number of carbonyl (C=O) groups is 1. The van der Waals surface area contributed by atoms with Crippen molar-refractivity contribution in [3.63, 3.8) is 0 Å². The van der Waals surface area contributed by atoms with Crippen molar-refractivity contribution >= 4 is 5.91 Å². The van der Waals surface area contributed by atoms with E-state index in [4.69, 9.17) is 4.74 Å². The van der Waals surface area contributed by atoms with Crippen LogP contribution in [0.5, 0.6) is 0 Å². The summed E-state index contributed by atoms with van der Waals surface area (Å²) in [6.45, 7) is 5.46. The largest absolute Gasteiger partial charge is 0.372 e. The van der Waals surface area contributed by atoms with Gasteiger partial charge >= 0.3 is 0 Å². The summed E-state index contributed by atoms with van der Waals surface area (Å²) in [6, 6.07) is 10.1. The van der Waals surface area contributed by atoms with Crippen LogP contribution in [0.25, 0.3) is 0 Å². The molecule has 6 heteroatoms. The lowest BCUT2D eigenvalue weighted by Gasteiger charge is -2.20. The van der Waals surface area contributed by atoms with E-state index in [0.717, 1.165) is 50.6 Å². The summed E-state index contributed by atoms with van der Waals surface area (Å²) >= 11 is 0. The van der Waals surface area contributed by atoms with Gasteiger partial charge in [0.25, 0.3) is 0 Å². The molecule has 3 heterocycles. The van der Waals surface area contributed by atoms with Crippen LogP contribution in [-0.2, 0) is 35.8 Å². The molecular formula is C19H24N4O2. The van der Waals surface area contributed by atoms with Crippen LogP contribution >= 0.6 is 0 Å². The molecule has 2 aliphatic heterocycles. The average Bonchev–Trinajstić information content (AvgIpc) is 3.29. The molecular weight excluding hydrogens is 316 g/mol. The second-order valence-electron chi connectivity index (χ2n) is 6.79. The molecule has 1 atom stereocenters. The smallest absolute Gasteiger partial charge is 0.224 e. The minimum absolute atomic E-state index is 0.0794. The normalized spacial score (nSPS) is 20.4. The van der Waals surface area contributed by atoms with Crippen molar-refractivity contribution in [1.29, 1.82) is 0 Å². The van der Waals surface area contributed by atoms with Crippen LogP contribution < -0.4 is 5.32 Å². The number of nitrogens with zero attached hydrogens (tertiary/aromatic N) is 3. The minimum Gasteiger partial charge on any atom is -0.372 e. The Bertz CT molecular complexity index is 728. The van der Waals surface area contributed by atoms with E-state index in [1.54, 1.807) is 0 Å². The Kier molecular flexibility index (Phi) is 4.81. The van der Waals surface area contributed by atoms with Crippen molar-refractivity contribution in [2.24, 2.45) is 5.92 Å². The van der Waals surface area contributed by atoms with Gasteiger partial charge in [0.1, 0.15) is 12.4 Å². The van der Waals surface area contributed by atoms with Gasteiger partial charge in [-0.25, -0.2) is 4.98 Å². The van der Waals surface area contributed by atoms with Crippen molar-refractivity contribution < 1.29 is 9.53 Å². The zero-order chi connectivity index (χ0) is 17.1. The van der Waals surface area contributed by atoms with Crippen LogP contribution in [0.15, 0.2) is 36.5 Å². The van der Waals surface area contributed by atoms with Gasteiger partial charge in [-0.05, 0) is 18.5 Å². The first-order chi connectivity index (χ1) is 12.3. The zero-order valence-electron chi connectivity index (χ0n) is 14.4. The number of nitrogens with one attached hydrogen (secondary N) is 1. The van der Waals surface area contributed by atoms with Crippen LogP contribution in [0.3, 0.4) is 0 Å². The lowest BCUT2D eigenvalue weighted by Crippen LogP contribution is -2.32. The van der Waals surface area contributed by atoms with Gasteiger partial charge in [0.2, 0.25) is 5.91 Å². The molecule has 1 saturated heterocycles. The maximum Gasteiger partial charge on any atom is 0.224 e. The van der Waals surface area contributed by atoms with E-state index >= 15 is 0 Å². The van der Waals surface area contributed by atoms with Crippen LogP contribution in [0.2, 0.25) is 0 Å². The molecule has 0 spiro atoms. The Labute approximate surface area is 147 Å².